The molecule has 2 rings (SSSR count). The minimum atomic E-state index is -0.442. The van der Waals surface area contributed by atoms with Crippen LogP contribution in [-0.2, 0) is 0 Å². The molecule has 0 radical (unpaired) electrons. The van der Waals surface area contributed by atoms with Crippen molar-refractivity contribution in [2.45, 2.75) is 19.3 Å². The molecule has 0 saturated carbocycles. The third-order valence-electron chi connectivity index (χ3n) is 2.83. The van der Waals surface area contributed by atoms with Crippen LogP contribution in [0.1, 0.15) is 19.3 Å². The average molecular weight is 256 g/mol. The molecule has 0 aromatic heterocycles. The Kier molecular flexibility index (Phi) is 3.84. The highest BCUT2D eigenvalue weighted by atomic mass is 35.5. The predicted molar refractivity (Wildman–Crippen MR) is 68.1 cm³/mol. The van der Waals surface area contributed by atoms with Gasteiger partial charge in [0, 0.05) is 13.1 Å². The number of piperidine rings is 1. The summed E-state index contributed by atoms with van der Waals surface area (Å²) in [5.74, 6) is 0.0366. The van der Waals surface area contributed by atoms with E-state index in [-0.39, 0.29) is 5.02 Å². The number of aliphatic imine (C=N–C) groups is 1. The first kappa shape index (κ1) is 12.2. The summed E-state index contributed by atoms with van der Waals surface area (Å²) in [5.41, 5.74) is 6.49. The van der Waals surface area contributed by atoms with Crippen LogP contribution in [0.4, 0.5) is 10.1 Å². The molecule has 5 heteroatoms. The van der Waals surface area contributed by atoms with Crippen LogP contribution in [0.3, 0.4) is 0 Å². The minimum absolute atomic E-state index is 0.0673. The quantitative estimate of drug-likeness (QED) is 0.619. The first-order valence-electron chi connectivity index (χ1n) is 5.71. The van der Waals surface area contributed by atoms with Gasteiger partial charge in [0.15, 0.2) is 5.96 Å². The van der Waals surface area contributed by atoms with Gasteiger partial charge >= 0.3 is 0 Å². The van der Waals surface area contributed by atoms with Crippen LogP contribution in [0.25, 0.3) is 0 Å². The van der Waals surface area contributed by atoms with E-state index in [4.69, 9.17) is 17.3 Å². The lowest BCUT2D eigenvalue weighted by Crippen LogP contribution is -2.40. The minimum Gasteiger partial charge on any atom is -0.369 e. The fourth-order valence-electron chi connectivity index (χ4n) is 1.88. The summed E-state index contributed by atoms with van der Waals surface area (Å²) in [6, 6.07) is 4.34. The van der Waals surface area contributed by atoms with Crippen molar-refractivity contribution in [3.8, 4) is 0 Å². The van der Waals surface area contributed by atoms with Crippen molar-refractivity contribution in [3.63, 3.8) is 0 Å². The van der Waals surface area contributed by atoms with Gasteiger partial charge in [-0.05, 0) is 37.5 Å². The lowest BCUT2D eigenvalue weighted by molar-refractivity contribution is 0.339. The van der Waals surface area contributed by atoms with Crippen molar-refractivity contribution in [1.82, 2.24) is 4.90 Å². The van der Waals surface area contributed by atoms with Crippen molar-refractivity contribution in [2.75, 3.05) is 13.1 Å². The number of nitrogens with two attached hydrogens (primary N) is 1. The summed E-state index contributed by atoms with van der Waals surface area (Å²) in [5, 5.41) is 0.0673. The molecule has 0 aliphatic carbocycles. The van der Waals surface area contributed by atoms with Gasteiger partial charge in [-0.3, -0.25) is 0 Å². The molecule has 1 aliphatic rings. The molecular formula is C12H15ClFN3. The van der Waals surface area contributed by atoms with Crippen molar-refractivity contribution in [1.29, 1.82) is 0 Å². The number of hydrogen-bond donors (Lipinski definition) is 1. The van der Waals surface area contributed by atoms with Gasteiger partial charge in [-0.2, -0.15) is 0 Å². The van der Waals surface area contributed by atoms with Crippen molar-refractivity contribution in [2.24, 2.45) is 10.7 Å². The Bertz CT molecular complexity index is 428. The molecule has 1 fully saturated rings. The summed E-state index contributed by atoms with van der Waals surface area (Å²) in [7, 11) is 0. The lowest BCUT2D eigenvalue weighted by atomic mass is 10.1. The molecule has 0 atom stereocenters. The fourth-order valence-corrected chi connectivity index (χ4v) is 2.06. The largest absolute Gasteiger partial charge is 0.369 e. The lowest BCUT2D eigenvalue weighted by Gasteiger charge is -2.27. The molecule has 2 N–H and O–H groups in total. The second-order valence-corrected chi connectivity index (χ2v) is 4.52. The summed E-state index contributed by atoms with van der Waals surface area (Å²) >= 11 is 5.68. The number of guanidine groups is 1. The Labute approximate surface area is 105 Å². The van der Waals surface area contributed by atoms with Gasteiger partial charge < -0.3 is 10.6 Å². The first-order valence-corrected chi connectivity index (χ1v) is 6.09. The van der Waals surface area contributed by atoms with E-state index in [9.17, 15) is 4.39 Å². The number of likely N-dealkylation sites (tertiary alicyclic amines) is 1. The molecule has 92 valence electrons. The molecule has 1 aromatic carbocycles. The molecule has 1 aromatic rings. The van der Waals surface area contributed by atoms with Crippen LogP contribution < -0.4 is 5.73 Å². The van der Waals surface area contributed by atoms with Gasteiger partial charge in [-0.1, -0.05) is 11.6 Å². The Morgan fingerprint density at radius 2 is 2.00 bits per heavy atom. The molecule has 0 amide bonds. The zero-order valence-corrected chi connectivity index (χ0v) is 10.3. The van der Waals surface area contributed by atoms with Crippen LogP contribution in [0.15, 0.2) is 23.2 Å². The highest BCUT2D eigenvalue weighted by molar-refractivity contribution is 6.31. The van der Waals surface area contributed by atoms with Gasteiger partial charge in [0.1, 0.15) is 5.82 Å². The Hall–Kier alpha value is -1.29. The number of halogens is 2. The van der Waals surface area contributed by atoms with Gasteiger partial charge in [0.05, 0.1) is 10.7 Å². The number of nitrogens with zero attached hydrogens (tertiary/aromatic N) is 2. The third-order valence-corrected chi connectivity index (χ3v) is 3.12. The zero-order valence-electron chi connectivity index (χ0n) is 9.50. The van der Waals surface area contributed by atoms with Crippen molar-refractivity contribution in [3.05, 3.63) is 29.0 Å². The second kappa shape index (κ2) is 5.36. The first-order chi connectivity index (χ1) is 8.16. The highest BCUT2D eigenvalue weighted by Crippen LogP contribution is 2.22. The van der Waals surface area contributed by atoms with Crippen LogP contribution in [0.2, 0.25) is 5.02 Å². The summed E-state index contributed by atoms with van der Waals surface area (Å²) < 4.78 is 13.0. The van der Waals surface area contributed by atoms with Gasteiger partial charge in [0.25, 0.3) is 0 Å². The monoisotopic (exact) mass is 255 g/mol. The highest BCUT2D eigenvalue weighted by Gasteiger charge is 2.12. The molecule has 0 bridgehead atoms. The molecule has 1 saturated heterocycles. The molecule has 1 heterocycles. The van der Waals surface area contributed by atoms with E-state index in [1.807, 2.05) is 4.90 Å². The summed E-state index contributed by atoms with van der Waals surface area (Å²) in [4.78, 5) is 6.30. The maximum Gasteiger partial charge on any atom is 0.196 e. The van der Waals surface area contributed by atoms with Crippen molar-refractivity contribution < 1.29 is 4.39 Å². The second-order valence-electron chi connectivity index (χ2n) is 4.12. The Balaban J connectivity index is 2.13. The summed E-state index contributed by atoms with van der Waals surface area (Å²) in [6.07, 6.45) is 3.52. The van der Waals surface area contributed by atoms with Gasteiger partial charge in [-0.15, -0.1) is 0 Å². The van der Waals surface area contributed by atoms with E-state index in [2.05, 4.69) is 4.99 Å². The zero-order chi connectivity index (χ0) is 12.3. The number of benzene rings is 1. The number of rotatable bonds is 1. The molecular weight excluding hydrogens is 241 g/mol. The average Bonchev–Trinajstić information content (AvgIpc) is 2.35. The molecule has 0 unspecified atom stereocenters. The van der Waals surface area contributed by atoms with Crippen LogP contribution in [0, 0.1) is 5.82 Å². The van der Waals surface area contributed by atoms with E-state index in [0.29, 0.717) is 11.6 Å². The fraction of sp³-hybridized carbons (Fsp3) is 0.417. The van der Waals surface area contributed by atoms with Crippen LogP contribution >= 0.6 is 11.6 Å². The van der Waals surface area contributed by atoms with E-state index in [0.717, 1.165) is 25.9 Å². The molecule has 3 nitrogen and oxygen atoms in total. The van der Waals surface area contributed by atoms with Crippen LogP contribution in [-0.4, -0.2) is 23.9 Å². The number of hydrogen-bond acceptors (Lipinski definition) is 1. The van der Waals surface area contributed by atoms with E-state index in [1.54, 1.807) is 6.07 Å². The maximum absolute atomic E-state index is 13.0. The Morgan fingerprint density at radius 1 is 1.29 bits per heavy atom. The molecule has 0 spiro atoms. The van der Waals surface area contributed by atoms with Gasteiger partial charge in [-0.25, -0.2) is 9.38 Å². The summed E-state index contributed by atoms with van der Waals surface area (Å²) in [6.45, 7) is 1.87. The van der Waals surface area contributed by atoms with Crippen molar-refractivity contribution >= 4 is 23.2 Å². The topological polar surface area (TPSA) is 41.6 Å². The smallest absolute Gasteiger partial charge is 0.196 e. The molecule has 1 aliphatic heterocycles. The van der Waals surface area contributed by atoms with Gasteiger partial charge in [0.2, 0.25) is 0 Å². The normalized spacial score (nSPS) is 17.3. The standard InChI is InChI=1S/C12H15ClFN3/c13-10-8-9(4-5-11(10)14)16-12(15)17-6-2-1-3-7-17/h4-5,8H,1-3,6-7H2,(H2,15,16). The van der Waals surface area contributed by atoms with E-state index < -0.39 is 5.82 Å². The maximum atomic E-state index is 13.0. The van der Waals surface area contributed by atoms with E-state index in [1.165, 1.54) is 18.6 Å². The van der Waals surface area contributed by atoms with E-state index >= 15 is 0 Å². The van der Waals surface area contributed by atoms with Crippen LogP contribution in [0.5, 0.6) is 0 Å². The molecule has 17 heavy (non-hydrogen) atoms. The predicted octanol–water partition coefficient (Wildman–Crippen LogP) is 2.91. The third kappa shape index (κ3) is 3.09. The Morgan fingerprint density at radius 3 is 2.65 bits per heavy atom. The SMILES string of the molecule is NC(=Nc1ccc(F)c(Cl)c1)N1CCCCC1.